The van der Waals surface area contributed by atoms with Crippen LogP contribution in [0.1, 0.15) is 26.3 Å². The second-order valence-electron chi connectivity index (χ2n) is 5.28. The molecule has 3 N–H and O–H groups in total. The maximum absolute atomic E-state index is 12.6. The summed E-state index contributed by atoms with van der Waals surface area (Å²) >= 11 is 5.17. The van der Waals surface area contributed by atoms with Gasteiger partial charge in [0.25, 0.3) is 5.91 Å². The van der Waals surface area contributed by atoms with Gasteiger partial charge in [-0.25, -0.2) is 4.79 Å². The van der Waals surface area contributed by atoms with Gasteiger partial charge in [0.15, 0.2) is 5.11 Å². The van der Waals surface area contributed by atoms with Gasteiger partial charge in [-0.3, -0.25) is 10.1 Å². The normalized spacial score (nSPS) is 9.96. The summed E-state index contributed by atoms with van der Waals surface area (Å²) in [7, 11) is 2.89. The van der Waals surface area contributed by atoms with E-state index in [1.165, 1.54) is 26.4 Å². The number of anilines is 1. The molecule has 0 aliphatic carbocycles. The van der Waals surface area contributed by atoms with Gasteiger partial charge in [0.1, 0.15) is 17.1 Å². The molecule has 26 heavy (non-hydrogen) atoms. The van der Waals surface area contributed by atoms with Gasteiger partial charge in [-0.2, -0.15) is 0 Å². The summed E-state index contributed by atoms with van der Waals surface area (Å²) in [4.78, 5) is 23.7. The number of aromatic carboxylic acids is 1. The maximum atomic E-state index is 12.6. The van der Waals surface area contributed by atoms with Crippen LogP contribution in [0.25, 0.3) is 0 Å². The zero-order valence-corrected chi connectivity index (χ0v) is 15.3. The predicted molar refractivity (Wildman–Crippen MR) is 101 cm³/mol. The number of carboxylic acid groups (broad SMARTS) is 1. The standard InChI is InChI=1S/C18H18N2O5S/c1-10-7-8-11(17(22)23)9-12(10)19-18(26)20-16(21)15-13(24-2)5-4-6-14(15)25-3/h4-9H,1-3H3,(H,22,23)(H2,19,20,21,26). The Hall–Kier alpha value is -3.13. The van der Waals surface area contributed by atoms with Crippen molar-refractivity contribution in [2.75, 3.05) is 19.5 Å². The van der Waals surface area contributed by atoms with Gasteiger partial charge in [0, 0.05) is 5.69 Å². The summed E-state index contributed by atoms with van der Waals surface area (Å²) in [6.07, 6.45) is 0. The summed E-state index contributed by atoms with van der Waals surface area (Å²) in [5.41, 5.74) is 1.58. The lowest BCUT2D eigenvalue weighted by molar-refractivity contribution is 0.0696. The lowest BCUT2D eigenvalue weighted by atomic mass is 10.1. The first kappa shape index (κ1) is 19.2. The van der Waals surface area contributed by atoms with Gasteiger partial charge < -0.3 is 19.9 Å². The number of hydrogen-bond acceptors (Lipinski definition) is 5. The van der Waals surface area contributed by atoms with Crippen molar-refractivity contribution in [3.63, 3.8) is 0 Å². The molecule has 0 unspecified atom stereocenters. The van der Waals surface area contributed by atoms with E-state index >= 15 is 0 Å². The van der Waals surface area contributed by atoms with Crippen molar-refractivity contribution in [3.05, 3.63) is 53.1 Å². The molecule has 0 heterocycles. The third-order valence-electron chi connectivity index (χ3n) is 3.61. The molecule has 2 aromatic carbocycles. The molecular formula is C18H18N2O5S. The van der Waals surface area contributed by atoms with Crippen LogP contribution in [0.4, 0.5) is 5.69 Å². The molecule has 0 saturated carbocycles. The third kappa shape index (κ3) is 4.28. The van der Waals surface area contributed by atoms with E-state index in [0.29, 0.717) is 17.2 Å². The monoisotopic (exact) mass is 374 g/mol. The van der Waals surface area contributed by atoms with E-state index in [9.17, 15) is 9.59 Å². The highest BCUT2D eigenvalue weighted by Gasteiger charge is 2.19. The Labute approximate surface area is 155 Å². The number of amides is 1. The second-order valence-corrected chi connectivity index (χ2v) is 5.69. The van der Waals surface area contributed by atoms with Crippen molar-refractivity contribution in [1.82, 2.24) is 5.32 Å². The predicted octanol–water partition coefficient (Wildman–Crippen LogP) is 2.84. The zero-order chi connectivity index (χ0) is 19.3. The molecule has 0 aliphatic heterocycles. The van der Waals surface area contributed by atoms with Crippen LogP contribution in [0.3, 0.4) is 0 Å². The highest BCUT2D eigenvalue weighted by atomic mass is 32.1. The van der Waals surface area contributed by atoms with Crippen LogP contribution in [0, 0.1) is 6.92 Å². The lowest BCUT2D eigenvalue weighted by Gasteiger charge is -2.15. The Morgan fingerprint density at radius 2 is 1.69 bits per heavy atom. The number of ether oxygens (including phenoxy) is 2. The number of hydrogen-bond donors (Lipinski definition) is 3. The molecule has 2 aromatic rings. The quantitative estimate of drug-likeness (QED) is 0.693. The van der Waals surface area contributed by atoms with E-state index in [1.54, 1.807) is 31.2 Å². The van der Waals surface area contributed by atoms with E-state index in [-0.39, 0.29) is 16.2 Å². The first-order valence-corrected chi connectivity index (χ1v) is 7.95. The molecule has 8 heteroatoms. The fourth-order valence-corrected chi connectivity index (χ4v) is 2.49. The maximum Gasteiger partial charge on any atom is 0.335 e. The van der Waals surface area contributed by atoms with Crippen molar-refractivity contribution in [3.8, 4) is 11.5 Å². The van der Waals surface area contributed by atoms with Crippen LogP contribution in [-0.4, -0.2) is 36.3 Å². The molecule has 0 aromatic heterocycles. The molecule has 0 fully saturated rings. The first-order valence-electron chi connectivity index (χ1n) is 7.54. The van der Waals surface area contributed by atoms with Crippen LogP contribution in [0.15, 0.2) is 36.4 Å². The molecule has 2 rings (SSSR count). The zero-order valence-electron chi connectivity index (χ0n) is 14.5. The largest absolute Gasteiger partial charge is 0.496 e. The first-order chi connectivity index (χ1) is 12.4. The van der Waals surface area contributed by atoms with Gasteiger partial charge in [-0.15, -0.1) is 0 Å². The van der Waals surface area contributed by atoms with Gasteiger partial charge in [0.05, 0.1) is 19.8 Å². The van der Waals surface area contributed by atoms with Crippen LogP contribution in [0.2, 0.25) is 0 Å². The minimum absolute atomic E-state index is 0.0218. The SMILES string of the molecule is COc1cccc(OC)c1C(=O)NC(=S)Nc1cc(C(=O)O)ccc1C. The van der Waals surface area contributed by atoms with Crippen LogP contribution in [-0.2, 0) is 0 Å². The topological polar surface area (TPSA) is 96.9 Å². The van der Waals surface area contributed by atoms with Crippen LogP contribution < -0.4 is 20.1 Å². The van der Waals surface area contributed by atoms with Crippen molar-refractivity contribution in [2.24, 2.45) is 0 Å². The van der Waals surface area contributed by atoms with E-state index < -0.39 is 11.9 Å². The van der Waals surface area contributed by atoms with E-state index in [0.717, 1.165) is 5.56 Å². The molecule has 0 saturated heterocycles. The summed E-state index contributed by atoms with van der Waals surface area (Å²) < 4.78 is 10.4. The number of methoxy groups -OCH3 is 2. The number of rotatable bonds is 5. The highest BCUT2D eigenvalue weighted by Crippen LogP contribution is 2.28. The number of carbonyl (C=O) groups is 2. The molecule has 0 spiro atoms. The average Bonchev–Trinajstić information content (AvgIpc) is 2.62. The molecule has 0 radical (unpaired) electrons. The van der Waals surface area contributed by atoms with Crippen molar-refractivity contribution in [1.29, 1.82) is 0 Å². The summed E-state index contributed by atoms with van der Waals surface area (Å²) in [5.74, 6) is -0.881. The minimum atomic E-state index is -1.05. The van der Waals surface area contributed by atoms with Crippen molar-refractivity contribution in [2.45, 2.75) is 6.92 Å². The number of nitrogens with one attached hydrogen (secondary N) is 2. The molecule has 1 amide bonds. The summed E-state index contributed by atoms with van der Waals surface area (Å²) in [5, 5.41) is 14.5. The Morgan fingerprint density at radius 3 is 2.23 bits per heavy atom. The Bertz CT molecular complexity index is 844. The summed E-state index contributed by atoms with van der Waals surface area (Å²) in [6, 6.07) is 9.55. The van der Waals surface area contributed by atoms with Crippen LogP contribution in [0.5, 0.6) is 11.5 Å². The van der Waals surface area contributed by atoms with Crippen molar-refractivity contribution < 1.29 is 24.2 Å². The third-order valence-corrected chi connectivity index (χ3v) is 3.82. The molecule has 0 bridgehead atoms. The van der Waals surface area contributed by atoms with Gasteiger partial charge in [0.2, 0.25) is 0 Å². The van der Waals surface area contributed by atoms with Gasteiger partial charge in [-0.1, -0.05) is 12.1 Å². The molecule has 0 aliphatic rings. The number of thiocarbonyl (C=S) groups is 1. The fourth-order valence-electron chi connectivity index (χ4n) is 2.28. The van der Waals surface area contributed by atoms with Crippen molar-refractivity contribution >= 4 is 34.9 Å². The number of benzene rings is 2. The molecule has 7 nitrogen and oxygen atoms in total. The smallest absolute Gasteiger partial charge is 0.335 e. The highest BCUT2D eigenvalue weighted by molar-refractivity contribution is 7.80. The number of carboxylic acids is 1. The van der Waals surface area contributed by atoms with E-state index in [4.69, 9.17) is 26.8 Å². The second kappa shape index (κ2) is 8.30. The number of carbonyl (C=O) groups excluding carboxylic acids is 1. The lowest BCUT2D eigenvalue weighted by Crippen LogP contribution is -2.34. The minimum Gasteiger partial charge on any atom is -0.496 e. The van der Waals surface area contributed by atoms with E-state index in [1.807, 2.05) is 0 Å². The van der Waals surface area contributed by atoms with Gasteiger partial charge in [-0.05, 0) is 49.0 Å². The molecular weight excluding hydrogens is 356 g/mol. The van der Waals surface area contributed by atoms with Crippen LogP contribution >= 0.6 is 12.2 Å². The Morgan fingerprint density at radius 1 is 1.08 bits per heavy atom. The van der Waals surface area contributed by atoms with E-state index in [2.05, 4.69) is 10.6 Å². The number of aryl methyl sites for hydroxylation is 1. The Balaban J connectivity index is 2.20. The molecule has 136 valence electrons. The Kier molecular flexibility index (Phi) is 6.13. The molecule has 0 atom stereocenters. The average molecular weight is 374 g/mol. The fraction of sp³-hybridized carbons (Fsp3) is 0.167. The summed E-state index contributed by atoms with van der Waals surface area (Å²) in [6.45, 7) is 1.79. The van der Waals surface area contributed by atoms with Gasteiger partial charge >= 0.3 is 5.97 Å².